The number of rotatable bonds is 1. The third-order valence-electron chi connectivity index (χ3n) is 1.68. The number of aromatic nitrogens is 1. The Kier molecular flexibility index (Phi) is 2.28. The summed E-state index contributed by atoms with van der Waals surface area (Å²) in [6.07, 6.45) is 2.99. The van der Waals surface area contributed by atoms with Crippen molar-refractivity contribution < 1.29 is 13.2 Å². The molecule has 1 aromatic rings. The van der Waals surface area contributed by atoms with Gasteiger partial charge in [0.15, 0.2) is 0 Å². The van der Waals surface area contributed by atoms with Crippen molar-refractivity contribution in [3.8, 4) is 5.75 Å². The predicted molar refractivity (Wildman–Crippen MR) is 55.0 cm³/mol. The molecule has 0 atom stereocenters. The van der Waals surface area contributed by atoms with Crippen molar-refractivity contribution in [3.05, 3.63) is 35.6 Å². The monoisotopic (exact) mass is 224 g/mol. The molecule has 0 bridgehead atoms. The Morgan fingerprint density at radius 2 is 2.20 bits per heavy atom. The van der Waals surface area contributed by atoms with Crippen molar-refractivity contribution in [1.29, 1.82) is 0 Å². The molecule has 2 heterocycles. The highest BCUT2D eigenvalue weighted by Gasteiger charge is 2.25. The Balaban J connectivity index is 2.27. The van der Waals surface area contributed by atoms with E-state index in [-0.39, 0.29) is 5.23 Å². The highest BCUT2D eigenvalue weighted by Crippen LogP contribution is 2.17. The highest BCUT2D eigenvalue weighted by molar-refractivity contribution is 8.08. The number of allylic oxidation sites excluding steroid dienone is 1. The molecular weight excluding hydrogens is 216 g/mol. The number of ether oxygens (including phenoxy) is 1. The number of hydrogen-bond donors (Lipinski definition) is 0. The molecule has 0 amide bonds. The van der Waals surface area contributed by atoms with Crippen LogP contribution in [0, 0.1) is 0 Å². The second-order valence-electron chi connectivity index (χ2n) is 2.97. The third-order valence-corrected chi connectivity index (χ3v) is 2.99. The second kappa shape index (κ2) is 3.47. The van der Waals surface area contributed by atoms with E-state index in [1.807, 2.05) is 0 Å². The molecule has 6 heteroatoms. The first-order valence-corrected chi connectivity index (χ1v) is 5.72. The Bertz CT molecular complexity index is 532. The van der Waals surface area contributed by atoms with Crippen molar-refractivity contribution in [1.82, 2.24) is 4.98 Å². The maximum atomic E-state index is 11.4. The molecule has 0 radical (unpaired) electrons. The maximum absolute atomic E-state index is 11.4. The summed E-state index contributed by atoms with van der Waals surface area (Å²) < 4.78 is 28.0. The molecule has 5 nitrogen and oxygen atoms in total. The maximum Gasteiger partial charge on any atom is 0.320 e. The zero-order valence-corrected chi connectivity index (χ0v) is 8.73. The molecule has 0 saturated carbocycles. The van der Waals surface area contributed by atoms with Gasteiger partial charge in [-0.2, -0.15) is 0 Å². The summed E-state index contributed by atoms with van der Waals surface area (Å²) in [5, 5.41) is 0.770. The Morgan fingerprint density at radius 3 is 2.73 bits per heavy atom. The van der Waals surface area contributed by atoms with Gasteiger partial charge < -0.3 is 4.74 Å². The summed E-state index contributed by atoms with van der Waals surface area (Å²) in [5.74, 6) is 0.350. The van der Waals surface area contributed by atoms with E-state index in [0.717, 1.165) is 5.41 Å². The van der Waals surface area contributed by atoms with Crippen molar-refractivity contribution in [3.63, 3.8) is 0 Å². The van der Waals surface area contributed by atoms with Crippen LogP contribution in [0.4, 0.5) is 0 Å². The standard InChI is InChI=1S/C9H8N2O3S/c1-7-6-15(12,13)9(11-7)14-8-3-2-4-10-5-8/h2-6H,1H3. The number of nitrogens with zero attached hydrogens (tertiary/aromatic N) is 2. The molecular formula is C9H8N2O3S. The van der Waals surface area contributed by atoms with E-state index in [1.54, 1.807) is 25.3 Å². The summed E-state index contributed by atoms with van der Waals surface area (Å²) >= 11 is 0. The number of hydrogen-bond acceptors (Lipinski definition) is 5. The van der Waals surface area contributed by atoms with Gasteiger partial charge in [0, 0.05) is 6.20 Å². The highest BCUT2D eigenvalue weighted by atomic mass is 32.2. The van der Waals surface area contributed by atoms with Gasteiger partial charge in [0.2, 0.25) is 0 Å². The molecule has 1 aliphatic rings. The molecule has 0 aromatic carbocycles. The smallest absolute Gasteiger partial charge is 0.320 e. The lowest BCUT2D eigenvalue weighted by molar-refractivity contribution is 0.547. The Morgan fingerprint density at radius 1 is 1.40 bits per heavy atom. The zero-order chi connectivity index (χ0) is 10.9. The van der Waals surface area contributed by atoms with E-state index in [2.05, 4.69) is 9.98 Å². The van der Waals surface area contributed by atoms with Crippen molar-refractivity contribution in [2.24, 2.45) is 4.99 Å². The van der Waals surface area contributed by atoms with Gasteiger partial charge in [-0.3, -0.25) is 4.98 Å². The van der Waals surface area contributed by atoms with Gasteiger partial charge in [-0.05, 0) is 19.1 Å². The summed E-state index contributed by atoms with van der Waals surface area (Å²) in [4.78, 5) is 7.58. The van der Waals surface area contributed by atoms with Gasteiger partial charge in [0.25, 0.3) is 9.84 Å². The molecule has 0 fully saturated rings. The first kappa shape index (κ1) is 9.85. The molecule has 1 aliphatic heterocycles. The van der Waals surface area contributed by atoms with Crippen LogP contribution in [0.15, 0.2) is 40.6 Å². The van der Waals surface area contributed by atoms with E-state index in [4.69, 9.17) is 4.74 Å². The first-order valence-electron chi connectivity index (χ1n) is 4.18. The van der Waals surface area contributed by atoms with E-state index < -0.39 is 9.84 Å². The Hall–Kier alpha value is -1.69. The molecule has 78 valence electrons. The number of sulfone groups is 1. The average Bonchev–Trinajstić information content (AvgIpc) is 2.41. The quantitative estimate of drug-likeness (QED) is 0.716. The lowest BCUT2D eigenvalue weighted by atomic mass is 10.5. The fourth-order valence-electron chi connectivity index (χ4n) is 1.10. The van der Waals surface area contributed by atoms with E-state index in [1.165, 1.54) is 6.20 Å². The largest absolute Gasteiger partial charge is 0.428 e. The van der Waals surface area contributed by atoms with E-state index in [9.17, 15) is 8.42 Å². The molecule has 15 heavy (non-hydrogen) atoms. The van der Waals surface area contributed by atoms with Gasteiger partial charge in [0.1, 0.15) is 5.75 Å². The van der Waals surface area contributed by atoms with Gasteiger partial charge in [-0.25, -0.2) is 13.4 Å². The molecule has 0 spiro atoms. The fraction of sp³-hybridized carbons (Fsp3) is 0.111. The fourth-order valence-corrected chi connectivity index (χ4v) is 2.18. The van der Waals surface area contributed by atoms with Crippen LogP contribution in [-0.4, -0.2) is 18.6 Å². The van der Waals surface area contributed by atoms with Crippen LogP contribution in [0.3, 0.4) is 0 Å². The van der Waals surface area contributed by atoms with E-state index in [0.29, 0.717) is 11.4 Å². The van der Waals surface area contributed by atoms with Crippen LogP contribution >= 0.6 is 0 Å². The lowest BCUT2D eigenvalue weighted by Crippen LogP contribution is -2.16. The van der Waals surface area contributed by atoms with Crippen LogP contribution in [0.1, 0.15) is 6.92 Å². The van der Waals surface area contributed by atoms with Gasteiger partial charge >= 0.3 is 5.23 Å². The summed E-state index contributed by atoms with van der Waals surface area (Å²) in [6.45, 7) is 1.59. The van der Waals surface area contributed by atoms with E-state index >= 15 is 0 Å². The minimum atomic E-state index is -3.50. The lowest BCUT2D eigenvalue weighted by Gasteiger charge is -2.02. The summed E-state index contributed by atoms with van der Waals surface area (Å²) in [7, 11) is -3.50. The first-order chi connectivity index (χ1) is 7.08. The van der Waals surface area contributed by atoms with Crippen LogP contribution in [0.5, 0.6) is 5.75 Å². The van der Waals surface area contributed by atoms with Crippen LogP contribution < -0.4 is 4.74 Å². The molecule has 0 unspecified atom stereocenters. The SMILES string of the molecule is CC1=CS(=O)(=O)C(Oc2cccnc2)=N1. The van der Waals surface area contributed by atoms with Crippen molar-refractivity contribution in [2.45, 2.75) is 6.92 Å². The van der Waals surface area contributed by atoms with Gasteiger partial charge in [-0.1, -0.05) is 0 Å². The molecule has 0 N–H and O–H groups in total. The van der Waals surface area contributed by atoms with Gasteiger partial charge in [0.05, 0.1) is 17.3 Å². The number of aliphatic imine (C=N–C) groups is 1. The van der Waals surface area contributed by atoms with Crippen LogP contribution in [0.25, 0.3) is 0 Å². The Labute approximate surface area is 87.0 Å². The molecule has 2 rings (SSSR count). The third kappa shape index (κ3) is 2.04. The normalized spacial score (nSPS) is 18.2. The van der Waals surface area contributed by atoms with Crippen molar-refractivity contribution in [2.75, 3.05) is 0 Å². The van der Waals surface area contributed by atoms with Crippen LogP contribution in [0.2, 0.25) is 0 Å². The minimum Gasteiger partial charge on any atom is -0.428 e. The minimum absolute atomic E-state index is 0.298. The topological polar surface area (TPSA) is 68.6 Å². The van der Waals surface area contributed by atoms with Crippen molar-refractivity contribution >= 4 is 15.1 Å². The van der Waals surface area contributed by atoms with Gasteiger partial charge in [-0.15, -0.1) is 0 Å². The number of pyridine rings is 1. The second-order valence-corrected chi connectivity index (χ2v) is 4.65. The molecule has 0 aliphatic carbocycles. The zero-order valence-electron chi connectivity index (χ0n) is 7.91. The average molecular weight is 224 g/mol. The summed E-state index contributed by atoms with van der Waals surface area (Å²) in [5.41, 5.74) is 0.411. The predicted octanol–water partition coefficient (Wildman–Crippen LogP) is 1.11. The molecule has 0 saturated heterocycles. The van der Waals surface area contributed by atoms with Crippen LogP contribution in [-0.2, 0) is 9.84 Å². The summed E-state index contributed by atoms with van der Waals surface area (Å²) in [6, 6.07) is 3.26. The molecule has 1 aromatic heterocycles.